The Balaban J connectivity index is 1.64. The quantitative estimate of drug-likeness (QED) is 0.798. The van der Waals surface area contributed by atoms with Crippen molar-refractivity contribution in [3.05, 3.63) is 45.0 Å². The van der Waals surface area contributed by atoms with Gasteiger partial charge >= 0.3 is 0 Å². The standard InChI is InChI=1S/C18H21NO3S/c1-11-15-7-9-23-17(15)6-8-19(11)18(21)5-4-14-10-16(12(2)20)13(3)22-14/h7,9-11H,4-6,8H2,1-3H3/t11-/m0/s1. The summed E-state index contributed by atoms with van der Waals surface area (Å²) in [7, 11) is 0. The molecule has 4 nitrogen and oxygen atoms in total. The average molecular weight is 331 g/mol. The van der Waals surface area contributed by atoms with Crippen molar-refractivity contribution in [3.8, 4) is 0 Å². The van der Waals surface area contributed by atoms with E-state index in [1.807, 2.05) is 4.90 Å². The summed E-state index contributed by atoms with van der Waals surface area (Å²) in [5.74, 6) is 1.49. The summed E-state index contributed by atoms with van der Waals surface area (Å²) < 4.78 is 5.59. The van der Waals surface area contributed by atoms with Crippen LogP contribution in [0.5, 0.6) is 0 Å². The summed E-state index contributed by atoms with van der Waals surface area (Å²) in [4.78, 5) is 27.4. The van der Waals surface area contributed by atoms with E-state index in [0.717, 1.165) is 13.0 Å². The number of furan rings is 1. The maximum atomic E-state index is 12.6. The van der Waals surface area contributed by atoms with E-state index >= 15 is 0 Å². The van der Waals surface area contributed by atoms with Crippen molar-refractivity contribution in [2.45, 2.75) is 46.1 Å². The summed E-state index contributed by atoms with van der Waals surface area (Å²) in [6.07, 6.45) is 1.89. The van der Waals surface area contributed by atoms with Gasteiger partial charge in [0.1, 0.15) is 11.5 Å². The summed E-state index contributed by atoms with van der Waals surface area (Å²) in [6.45, 7) is 6.18. The lowest BCUT2D eigenvalue weighted by molar-refractivity contribution is -0.133. The second-order valence-electron chi connectivity index (χ2n) is 6.05. The second kappa shape index (κ2) is 6.32. The zero-order valence-electron chi connectivity index (χ0n) is 13.7. The fraction of sp³-hybridized carbons (Fsp3) is 0.444. The van der Waals surface area contributed by atoms with Gasteiger partial charge in [-0.25, -0.2) is 0 Å². The van der Waals surface area contributed by atoms with Crippen LogP contribution >= 0.6 is 11.3 Å². The first-order valence-electron chi connectivity index (χ1n) is 7.93. The van der Waals surface area contributed by atoms with Crippen LogP contribution < -0.4 is 0 Å². The molecule has 3 heterocycles. The fourth-order valence-corrected chi connectivity index (χ4v) is 4.20. The molecule has 1 amide bonds. The van der Waals surface area contributed by atoms with Crippen LogP contribution in [0.2, 0.25) is 0 Å². The number of nitrogens with zero attached hydrogens (tertiary/aromatic N) is 1. The first kappa shape index (κ1) is 16.0. The molecule has 0 aromatic carbocycles. The zero-order chi connectivity index (χ0) is 16.6. The summed E-state index contributed by atoms with van der Waals surface area (Å²) in [5.41, 5.74) is 1.89. The van der Waals surface area contributed by atoms with Crippen LogP contribution in [0.3, 0.4) is 0 Å². The molecular weight excluding hydrogens is 310 g/mol. The minimum absolute atomic E-state index is 0.00142. The lowest BCUT2D eigenvalue weighted by atomic mass is 10.0. The number of thiophene rings is 1. The Morgan fingerprint density at radius 1 is 1.43 bits per heavy atom. The molecule has 0 radical (unpaired) electrons. The maximum absolute atomic E-state index is 12.6. The third kappa shape index (κ3) is 3.11. The minimum Gasteiger partial charge on any atom is -0.466 e. The Bertz CT molecular complexity index is 743. The van der Waals surface area contributed by atoms with Crippen LogP contribution in [-0.4, -0.2) is 23.1 Å². The van der Waals surface area contributed by atoms with Gasteiger partial charge in [0.05, 0.1) is 11.6 Å². The van der Waals surface area contributed by atoms with Crippen LogP contribution in [0.4, 0.5) is 0 Å². The van der Waals surface area contributed by atoms with Gasteiger partial charge in [0.2, 0.25) is 5.91 Å². The summed E-state index contributed by atoms with van der Waals surface area (Å²) in [5, 5.41) is 2.10. The van der Waals surface area contributed by atoms with E-state index in [4.69, 9.17) is 4.42 Å². The van der Waals surface area contributed by atoms with Gasteiger partial charge in [0, 0.05) is 24.3 Å². The number of hydrogen-bond acceptors (Lipinski definition) is 4. The van der Waals surface area contributed by atoms with E-state index in [0.29, 0.717) is 29.9 Å². The summed E-state index contributed by atoms with van der Waals surface area (Å²) in [6, 6.07) is 4.03. The van der Waals surface area contributed by atoms with Gasteiger partial charge in [-0.2, -0.15) is 0 Å². The number of ketones is 1. The molecular formula is C18H21NO3S. The third-order valence-electron chi connectivity index (χ3n) is 4.53. The van der Waals surface area contributed by atoms with Gasteiger partial charge in [0.15, 0.2) is 5.78 Å². The number of amides is 1. The number of aryl methyl sites for hydroxylation is 2. The predicted molar refractivity (Wildman–Crippen MR) is 89.9 cm³/mol. The number of rotatable bonds is 4. The molecule has 0 aliphatic carbocycles. The van der Waals surface area contributed by atoms with E-state index in [1.54, 1.807) is 24.3 Å². The average Bonchev–Trinajstić information content (AvgIpc) is 3.12. The van der Waals surface area contributed by atoms with Crippen LogP contribution in [0.25, 0.3) is 0 Å². The van der Waals surface area contributed by atoms with Crippen LogP contribution in [0.1, 0.15) is 58.6 Å². The topological polar surface area (TPSA) is 50.5 Å². The molecule has 2 aromatic rings. The second-order valence-corrected chi connectivity index (χ2v) is 7.05. The van der Waals surface area contributed by atoms with Crippen molar-refractivity contribution in [1.29, 1.82) is 0 Å². The highest BCUT2D eigenvalue weighted by Crippen LogP contribution is 2.33. The molecule has 1 aliphatic rings. The van der Waals surface area contributed by atoms with E-state index < -0.39 is 0 Å². The van der Waals surface area contributed by atoms with Crippen LogP contribution in [0.15, 0.2) is 21.9 Å². The Hall–Kier alpha value is -1.88. The van der Waals surface area contributed by atoms with Crippen molar-refractivity contribution in [2.24, 2.45) is 0 Å². The van der Waals surface area contributed by atoms with Crippen LogP contribution in [0, 0.1) is 6.92 Å². The molecule has 5 heteroatoms. The molecule has 0 fully saturated rings. The maximum Gasteiger partial charge on any atom is 0.223 e. The molecule has 0 bridgehead atoms. The Labute approximate surface area is 140 Å². The molecule has 1 atom stereocenters. The van der Waals surface area contributed by atoms with Crippen molar-refractivity contribution in [2.75, 3.05) is 6.54 Å². The molecule has 0 spiro atoms. The minimum atomic E-state index is -0.00142. The smallest absolute Gasteiger partial charge is 0.223 e. The molecule has 3 rings (SSSR count). The van der Waals surface area contributed by atoms with Crippen molar-refractivity contribution in [1.82, 2.24) is 4.90 Å². The Morgan fingerprint density at radius 3 is 2.91 bits per heavy atom. The van der Waals surface area contributed by atoms with Crippen molar-refractivity contribution in [3.63, 3.8) is 0 Å². The van der Waals surface area contributed by atoms with E-state index in [-0.39, 0.29) is 17.7 Å². The highest BCUT2D eigenvalue weighted by molar-refractivity contribution is 7.10. The molecule has 1 aliphatic heterocycles. The van der Waals surface area contributed by atoms with Gasteiger partial charge in [-0.05, 0) is 50.3 Å². The summed E-state index contributed by atoms with van der Waals surface area (Å²) >= 11 is 1.78. The van der Waals surface area contributed by atoms with Crippen LogP contribution in [-0.2, 0) is 17.6 Å². The SMILES string of the molecule is CC(=O)c1cc(CCC(=O)N2CCc3sccc3[C@@H]2C)oc1C. The monoisotopic (exact) mass is 331 g/mol. The Kier molecular flexibility index (Phi) is 4.39. The normalized spacial score (nSPS) is 17.2. The number of carbonyl (C=O) groups is 2. The van der Waals surface area contributed by atoms with Crippen molar-refractivity contribution >= 4 is 23.0 Å². The van der Waals surface area contributed by atoms with Gasteiger partial charge in [-0.1, -0.05) is 0 Å². The van der Waals surface area contributed by atoms with E-state index in [2.05, 4.69) is 18.4 Å². The lowest BCUT2D eigenvalue weighted by Gasteiger charge is -2.33. The predicted octanol–water partition coefficient (Wildman–Crippen LogP) is 3.93. The highest BCUT2D eigenvalue weighted by atomic mass is 32.1. The van der Waals surface area contributed by atoms with E-state index in [1.165, 1.54) is 17.4 Å². The Morgan fingerprint density at radius 2 is 2.22 bits per heavy atom. The first-order chi connectivity index (χ1) is 11.0. The number of Topliss-reactive ketones (excluding diaryl/α,β-unsaturated/α-hetero) is 1. The molecule has 0 saturated carbocycles. The van der Waals surface area contributed by atoms with Gasteiger partial charge in [-0.3, -0.25) is 9.59 Å². The van der Waals surface area contributed by atoms with Crippen molar-refractivity contribution < 1.29 is 14.0 Å². The molecule has 122 valence electrons. The number of hydrogen-bond donors (Lipinski definition) is 0. The molecule has 23 heavy (non-hydrogen) atoms. The first-order valence-corrected chi connectivity index (χ1v) is 8.81. The highest BCUT2D eigenvalue weighted by Gasteiger charge is 2.28. The molecule has 0 N–H and O–H groups in total. The largest absolute Gasteiger partial charge is 0.466 e. The number of carbonyl (C=O) groups excluding carboxylic acids is 2. The third-order valence-corrected chi connectivity index (χ3v) is 5.53. The molecule has 0 unspecified atom stereocenters. The van der Waals surface area contributed by atoms with Gasteiger partial charge in [-0.15, -0.1) is 11.3 Å². The number of fused-ring (bicyclic) bond motifs is 1. The molecule has 0 saturated heterocycles. The van der Waals surface area contributed by atoms with Gasteiger partial charge in [0.25, 0.3) is 0 Å². The fourth-order valence-electron chi connectivity index (χ4n) is 3.24. The zero-order valence-corrected chi connectivity index (χ0v) is 14.5. The lowest BCUT2D eigenvalue weighted by Crippen LogP contribution is -2.38. The molecule has 2 aromatic heterocycles. The van der Waals surface area contributed by atoms with Gasteiger partial charge < -0.3 is 9.32 Å². The van der Waals surface area contributed by atoms with E-state index in [9.17, 15) is 9.59 Å².